The summed E-state index contributed by atoms with van der Waals surface area (Å²) in [4.78, 5) is 55.4. The predicted molar refractivity (Wildman–Crippen MR) is 161 cm³/mol. The minimum Gasteiger partial charge on any atom is -0.344 e. The molecule has 1 aromatic heterocycles. The first-order valence-electron chi connectivity index (χ1n) is 15.2. The number of carbonyl (C=O) groups excluding carboxylic acids is 4. The maximum absolute atomic E-state index is 13.9. The number of hydrogen-bond acceptors (Lipinski definition) is 5. The molecular weight excluding hydrogens is 534 g/mol. The number of likely N-dealkylation sites (tertiary alicyclic amines) is 1. The zero-order valence-corrected chi connectivity index (χ0v) is 25.7. The molecule has 10 heteroatoms. The predicted octanol–water partition coefficient (Wildman–Crippen LogP) is 3.82. The van der Waals surface area contributed by atoms with Crippen molar-refractivity contribution in [2.45, 2.75) is 77.8 Å². The Hall–Kier alpha value is -3.40. The van der Waals surface area contributed by atoms with Crippen molar-refractivity contribution in [3.63, 3.8) is 0 Å². The molecule has 1 aliphatic carbocycles. The lowest BCUT2D eigenvalue weighted by atomic mass is 9.84. The van der Waals surface area contributed by atoms with Crippen molar-refractivity contribution >= 4 is 35.0 Å². The van der Waals surface area contributed by atoms with Gasteiger partial charge in [-0.2, -0.15) is 0 Å². The van der Waals surface area contributed by atoms with Crippen LogP contribution in [0.25, 0.3) is 10.9 Å². The van der Waals surface area contributed by atoms with Crippen molar-refractivity contribution in [2.24, 2.45) is 24.3 Å². The normalized spacial score (nSPS) is 18.1. The lowest BCUT2D eigenvalue weighted by Crippen LogP contribution is -2.58. The number of piperidine rings is 1. The van der Waals surface area contributed by atoms with E-state index in [0.29, 0.717) is 55.4 Å². The molecule has 2 heterocycles. The number of aromatic nitrogens is 1. The van der Waals surface area contributed by atoms with E-state index in [4.69, 9.17) is 0 Å². The van der Waals surface area contributed by atoms with E-state index in [1.807, 2.05) is 67.6 Å². The summed E-state index contributed by atoms with van der Waals surface area (Å²) in [7, 11) is 3.68. The lowest BCUT2D eigenvalue weighted by Gasteiger charge is -2.40. The molecule has 1 aliphatic heterocycles. The van der Waals surface area contributed by atoms with Crippen molar-refractivity contribution in [3.8, 4) is 0 Å². The second-order valence-corrected chi connectivity index (χ2v) is 13.2. The van der Waals surface area contributed by atoms with Crippen molar-refractivity contribution < 1.29 is 24.4 Å². The molecule has 1 aromatic carbocycles. The summed E-state index contributed by atoms with van der Waals surface area (Å²) in [6.45, 7) is 6.74. The zero-order chi connectivity index (χ0) is 30.6. The van der Waals surface area contributed by atoms with Gasteiger partial charge in [0.15, 0.2) is 0 Å². The van der Waals surface area contributed by atoms with Gasteiger partial charge in [0.1, 0.15) is 11.7 Å². The van der Waals surface area contributed by atoms with Crippen molar-refractivity contribution in [1.82, 2.24) is 24.7 Å². The minimum atomic E-state index is -0.778. The van der Waals surface area contributed by atoms with E-state index in [2.05, 4.69) is 5.32 Å². The topological polar surface area (TPSA) is 115 Å². The average molecular weight is 582 g/mol. The number of fused-ring (bicyclic) bond motifs is 1. The van der Waals surface area contributed by atoms with E-state index in [1.54, 1.807) is 11.9 Å². The standard InChI is InChI=1S/C32H47N5O5/c1-32(2,3)28(33-29(39)24(20-37(42)21-38)18-22-10-6-7-11-22)31(41)34(4)25-14-16-36(17-15-25)30(40)27-19-23-12-8-9-13-26(23)35(27)5/h8-9,12-13,19,21-22,24-25,28,42H,6-7,10-11,14-18,20H2,1-5H3,(H,33,39)/t24-,28-/m1/s1. The maximum atomic E-state index is 13.9. The molecule has 230 valence electrons. The van der Waals surface area contributed by atoms with Gasteiger partial charge in [-0.1, -0.05) is 64.7 Å². The van der Waals surface area contributed by atoms with Crippen LogP contribution in [0, 0.1) is 17.3 Å². The highest BCUT2D eigenvalue weighted by atomic mass is 16.5. The van der Waals surface area contributed by atoms with Gasteiger partial charge < -0.3 is 19.7 Å². The first kappa shape index (κ1) is 31.5. The molecule has 2 aliphatic rings. The van der Waals surface area contributed by atoms with Gasteiger partial charge in [-0.05, 0) is 42.7 Å². The Kier molecular flexibility index (Phi) is 9.97. The Bertz CT molecular complexity index is 1270. The number of nitrogens with one attached hydrogen (secondary N) is 1. The highest BCUT2D eigenvalue weighted by Crippen LogP contribution is 2.31. The number of amides is 4. The van der Waals surface area contributed by atoms with E-state index in [0.717, 1.165) is 36.6 Å². The van der Waals surface area contributed by atoms with Gasteiger partial charge in [0.25, 0.3) is 5.91 Å². The average Bonchev–Trinajstić information content (AvgIpc) is 3.61. The zero-order valence-electron chi connectivity index (χ0n) is 25.7. The van der Waals surface area contributed by atoms with E-state index in [-0.39, 0.29) is 30.3 Å². The molecule has 1 saturated heterocycles. The number of para-hydroxylation sites is 1. The second-order valence-electron chi connectivity index (χ2n) is 13.2. The number of rotatable bonds is 10. The molecule has 2 atom stereocenters. The Balaban J connectivity index is 1.40. The summed E-state index contributed by atoms with van der Waals surface area (Å²) in [6.07, 6.45) is 6.47. The molecule has 0 radical (unpaired) electrons. The van der Waals surface area contributed by atoms with Crippen molar-refractivity contribution in [2.75, 3.05) is 26.7 Å². The molecule has 2 fully saturated rings. The van der Waals surface area contributed by atoms with Crippen molar-refractivity contribution in [1.29, 1.82) is 0 Å². The highest BCUT2D eigenvalue weighted by Gasteiger charge is 2.39. The third-order valence-corrected chi connectivity index (χ3v) is 9.21. The SMILES string of the molecule is CN(C(=O)[C@@H](NC(=O)[C@H](CC1CCCC1)CN(O)C=O)C(C)(C)C)C1CCN(C(=O)c2cc3ccccc3n2C)CC1. The number of hydrogen-bond donors (Lipinski definition) is 2. The van der Waals surface area contributed by atoms with Gasteiger partial charge in [0, 0.05) is 44.1 Å². The van der Waals surface area contributed by atoms with E-state index >= 15 is 0 Å². The van der Waals surface area contributed by atoms with Crippen LogP contribution in [0.4, 0.5) is 0 Å². The number of likely N-dealkylation sites (N-methyl/N-ethyl adjacent to an activating group) is 1. The van der Waals surface area contributed by atoms with Crippen LogP contribution in [-0.4, -0.2) is 87.5 Å². The summed E-state index contributed by atoms with van der Waals surface area (Å²) in [5.41, 5.74) is 1.10. The molecule has 0 unspecified atom stereocenters. The second kappa shape index (κ2) is 13.3. The Morgan fingerprint density at radius 2 is 1.74 bits per heavy atom. The van der Waals surface area contributed by atoms with E-state index in [1.165, 1.54) is 0 Å². The van der Waals surface area contributed by atoms with Crippen LogP contribution in [0.1, 0.15) is 76.2 Å². The molecule has 10 nitrogen and oxygen atoms in total. The number of benzene rings is 1. The third-order valence-electron chi connectivity index (χ3n) is 9.21. The van der Waals surface area contributed by atoms with E-state index in [9.17, 15) is 24.4 Å². The van der Waals surface area contributed by atoms with Gasteiger partial charge >= 0.3 is 0 Å². The summed E-state index contributed by atoms with van der Waals surface area (Å²) >= 11 is 0. The van der Waals surface area contributed by atoms with E-state index < -0.39 is 17.4 Å². The molecule has 4 amide bonds. The fraction of sp³-hybridized carbons (Fsp3) is 0.625. The maximum Gasteiger partial charge on any atom is 0.270 e. The monoisotopic (exact) mass is 581 g/mol. The van der Waals surface area contributed by atoms with Gasteiger partial charge in [-0.25, -0.2) is 5.06 Å². The summed E-state index contributed by atoms with van der Waals surface area (Å²) < 4.78 is 1.93. The molecule has 2 N–H and O–H groups in total. The van der Waals surface area contributed by atoms with Crippen LogP contribution in [0.15, 0.2) is 30.3 Å². The highest BCUT2D eigenvalue weighted by molar-refractivity contribution is 5.98. The summed E-state index contributed by atoms with van der Waals surface area (Å²) in [5, 5.41) is 14.4. The first-order chi connectivity index (χ1) is 19.9. The molecule has 42 heavy (non-hydrogen) atoms. The van der Waals surface area contributed by atoms with Crippen LogP contribution < -0.4 is 5.32 Å². The van der Waals surface area contributed by atoms with Gasteiger partial charge in [-0.3, -0.25) is 24.4 Å². The Morgan fingerprint density at radius 3 is 2.33 bits per heavy atom. The molecule has 4 rings (SSSR count). The van der Waals surface area contributed by atoms with Gasteiger partial charge in [-0.15, -0.1) is 0 Å². The Labute approximate surface area is 249 Å². The molecular formula is C32H47N5O5. The number of aryl methyl sites for hydroxylation is 1. The minimum absolute atomic E-state index is 0.0116. The quantitative estimate of drug-likeness (QED) is 0.252. The largest absolute Gasteiger partial charge is 0.344 e. The number of hydroxylamine groups is 2. The lowest BCUT2D eigenvalue weighted by molar-refractivity contribution is -0.156. The summed E-state index contributed by atoms with van der Waals surface area (Å²) in [5.74, 6) is -0.740. The molecule has 2 aromatic rings. The smallest absolute Gasteiger partial charge is 0.270 e. The van der Waals surface area contributed by atoms with Gasteiger partial charge in [0.2, 0.25) is 18.2 Å². The third kappa shape index (κ3) is 7.14. The fourth-order valence-corrected chi connectivity index (χ4v) is 6.59. The molecule has 0 bridgehead atoms. The fourth-order valence-electron chi connectivity index (χ4n) is 6.59. The molecule has 1 saturated carbocycles. The molecule has 0 spiro atoms. The number of nitrogens with zero attached hydrogens (tertiary/aromatic N) is 4. The van der Waals surface area contributed by atoms with Crippen LogP contribution >= 0.6 is 0 Å². The van der Waals surface area contributed by atoms with Gasteiger partial charge in [0.05, 0.1) is 12.5 Å². The van der Waals surface area contributed by atoms with Crippen LogP contribution in [0.3, 0.4) is 0 Å². The van der Waals surface area contributed by atoms with Crippen molar-refractivity contribution in [3.05, 3.63) is 36.0 Å². The summed E-state index contributed by atoms with van der Waals surface area (Å²) in [6, 6.07) is 9.02. The van der Waals surface area contributed by atoms with Crippen LogP contribution in [0.2, 0.25) is 0 Å². The Morgan fingerprint density at radius 1 is 1.10 bits per heavy atom. The van der Waals surface area contributed by atoms with Crippen LogP contribution in [0.5, 0.6) is 0 Å². The number of carbonyl (C=O) groups is 4. The van der Waals surface area contributed by atoms with Crippen LogP contribution in [-0.2, 0) is 21.4 Å². The first-order valence-corrected chi connectivity index (χ1v) is 15.2.